The minimum absolute atomic E-state index is 0.0193. The Labute approximate surface area is 128 Å². The average molecular weight is 291 g/mol. The number of rotatable bonds is 8. The summed E-state index contributed by atoms with van der Waals surface area (Å²) in [7, 11) is 0. The van der Waals surface area contributed by atoms with Crippen LogP contribution in [0.5, 0.6) is 0 Å². The maximum absolute atomic E-state index is 12.4. The molecule has 0 radical (unpaired) electrons. The van der Waals surface area contributed by atoms with E-state index in [0.29, 0.717) is 11.7 Å². The summed E-state index contributed by atoms with van der Waals surface area (Å²) < 4.78 is 0. The number of nitrogens with one attached hydrogen (secondary N) is 1. The van der Waals surface area contributed by atoms with Crippen molar-refractivity contribution >= 4 is 17.3 Å². The van der Waals surface area contributed by atoms with Crippen LogP contribution in [0.3, 0.4) is 0 Å². The number of carbonyl (C=O) groups is 1. The fourth-order valence-electron chi connectivity index (χ4n) is 2.46. The van der Waals surface area contributed by atoms with Crippen molar-refractivity contribution in [1.82, 2.24) is 4.90 Å². The molecule has 0 heterocycles. The van der Waals surface area contributed by atoms with Gasteiger partial charge in [-0.25, -0.2) is 0 Å². The number of anilines is 2. The van der Waals surface area contributed by atoms with Gasteiger partial charge >= 0.3 is 0 Å². The van der Waals surface area contributed by atoms with Crippen molar-refractivity contribution in [3.63, 3.8) is 0 Å². The Morgan fingerprint density at radius 2 is 2.00 bits per heavy atom. The van der Waals surface area contributed by atoms with Crippen LogP contribution >= 0.6 is 0 Å². The molecule has 3 N–H and O–H groups in total. The number of carbonyl (C=O) groups excluding carboxylic acids is 1. The highest BCUT2D eigenvalue weighted by atomic mass is 16.2. The maximum atomic E-state index is 12.4. The van der Waals surface area contributed by atoms with Gasteiger partial charge in [0.25, 0.3) is 0 Å². The highest BCUT2D eigenvalue weighted by Gasteiger charge is 2.23. The van der Waals surface area contributed by atoms with Gasteiger partial charge < -0.3 is 11.1 Å². The summed E-state index contributed by atoms with van der Waals surface area (Å²) in [5.41, 5.74) is 7.15. The van der Waals surface area contributed by atoms with E-state index in [2.05, 4.69) is 31.0 Å². The summed E-state index contributed by atoms with van der Waals surface area (Å²) in [6.07, 6.45) is 3.52. The second kappa shape index (κ2) is 8.67. The molecular formula is C17H29N3O. The molecule has 0 aliphatic carbocycles. The topological polar surface area (TPSA) is 58.4 Å². The normalized spacial score (nSPS) is 12.7. The molecule has 0 spiro atoms. The fourth-order valence-corrected chi connectivity index (χ4v) is 2.46. The molecule has 1 rings (SSSR count). The number of unbranched alkanes of at least 4 members (excludes halogenated alkanes) is 2. The largest absolute Gasteiger partial charge is 0.399 e. The Kier molecular flexibility index (Phi) is 7.23. The number of nitrogens with zero attached hydrogens (tertiary/aromatic N) is 1. The molecule has 4 heteroatoms. The van der Waals surface area contributed by atoms with E-state index in [9.17, 15) is 4.79 Å². The number of nitrogen functional groups attached to an aromatic ring is 1. The van der Waals surface area contributed by atoms with E-state index < -0.39 is 0 Å². The Morgan fingerprint density at radius 1 is 1.29 bits per heavy atom. The van der Waals surface area contributed by atoms with Crippen LogP contribution in [0.2, 0.25) is 0 Å². The van der Waals surface area contributed by atoms with Crippen molar-refractivity contribution in [2.75, 3.05) is 17.6 Å². The lowest BCUT2D eigenvalue weighted by atomic mass is 10.1. The fraction of sp³-hybridized carbons (Fsp3) is 0.588. The molecule has 1 atom stereocenters. The Morgan fingerprint density at radius 3 is 2.57 bits per heavy atom. The van der Waals surface area contributed by atoms with Gasteiger partial charge in [-0.1, -0.05) is 25.8 Å². The van der Waals surface area contributed by atoms with Crippen LogP contribution in [0.4, 0.5) is 11.4 Å². The molecule has 118 valence electrons. The molecule has 1 aromatic rings. The molecule has 0 saturated heterocycles. The average Bonchev–Trinajstić information content (AvgIpc) is 2.42. The zero-order chi connectivity index (χ0) is 15.8. The first-order valence-electron chi connectivity index (χ1n) is 7.87. The Hall–Kier alpha value is -1.55. The van der Waals surface area contributed by atoms with Gasteiger partial charge in [0.1, 0.15) is 0 Å². The minimum Gasteiger partial charge on any atom is -0.399 e. The lowest BCUT2D eigenvalue weighted by Crippen LogP contribution is -2.46. The first kappa shape index (κ1) is 17.5. The third kappa shape index (κ3) is 5.76. The van der Waals surface area contributed by atoms with E-state index in [1.807, 2.05) is 25.1 Å². The predicted octanol–water partition coefficient (Wildman–Crippen LogP) is 3.50. The van der Waals surface area contributed by atoms with Crippen molar-refractivity contribution in [1.29, 1.82) is 0 Å². The molecule has 1 unspecified atom stereocenters. The van der Waals surface area contributed by atoms with Gasteiger partial charge in [0.2, 0.25) is 5.91 Å². The summed E-state index contributed by atoms with van der Waals surface area (Å²) in [5.74, 6) is 0.0193. The molecule has 0 aliphatic heterocycles. The van der Waals surface area contributed by atoms with Gasteiger partial charge in [-0.3, -0.25) is 9.69 Å². The molecule has 0 saturated carbocycles. The summed E-state index contributed by atoms with van der Waals surface area (Å²) >= 11 is 0. The first-order valence-corrected chi connectivity index (χ1v) is 7.87. The van der Waals surface area contributed by atoms with Crippen LogP contribution in [0.15, 0.2) is 24.3 Å². The Bertz CT molecular complexity index is 445. The standard InChI is InChI=1S/C17H29N3O/c1-5-6-7-11-20(13(2)3)14(4)17(21)19-16-10-8-9-15(18)12-16/h8-10,12-14H,5-7,11,18H2,1-4H3,(H,19,21). The number of amides is 1. The molecule has 21 heavy (non-hydrogen) atoms. The molecule has 4 nitrogen and oxygen atoms in total. The van der Waals surface area contributed by atoms with Gasteiger partial charge in [0.05, 0.1) is 6.04 Å². The van der Waals surface area contributed by atoms with Crippen molar-refractivity contribution in [3.8, 4) is 0 Å². The molecule has 1 aromatic carbocycles. The summed E-state index contributed by atoms with van der Waals surface area (Å²) in [4.78, 5) is 14.7. The number of hydrogen-bond acceptors (Lipinski definition) is 3. The van der Waals surface area contributed by atoms with Crippen LogP contribution in [-0.4, -0.2) is 29.4 Å². The smallest absolute Gasteiger partial charge is 0.241 e. The van der Waals surface area contributed by atoms with Crippen molar-refractivity contribution in [3.05, 3.63) is 24.3 Å². The van der Waals surface area contributed by atoms with Crippen molar-refractivity contribution in [2.45, 2.75) is 59.0 Å². The van der Waals surface area contributed by atoms with Crippen LogP contribution in [0, 0.1) is 0 Å². The van der Waals surface area contributed by atoms with Crippen LogP contribution in [0.1, 0.15) is 47.0 Å². The minimum atomic E-state index is -0.150. The van der Waals surface area contributed by atoms with Crippen LogP contribution in [0.25, 0.3) is 0 Å². The zero-order valence-corrected chi connectivity index (χ0v) is 13.7. The quantitative estimate of drug-likeness (QED) is 0.569. The third-order valence-corrected chi connectivity index (χ3v) is 3.71. The van der Waals surface area contributed by atoms with Gasteiger partial charge in [0, 0.05) is 17.4 Å². The predicted molar refractivity (Wildman–Crippen MR) is 90.3 cm³/mol. The SMILES string of the molecule is CCCCCN(C(C)C)C(C)C(=O)Nc1cccc(N)c1. The number of benzene rings is 1. The van der Waals surface area contributed by atoms with E-state index in [1.54, 1.807) is 6.07 Å². The first-order chi connectivity index (χ1) is 9.95. The van der Waals surface area contributed by atoms with E-state index in [1.165, 1.54) is 12.8 Å². The lowest BCUT2D eigenvalue weighted by Gasteiger charge is -2.31. The lowest BCUT2D eigenvalue weighted by molar-refractivity contribution is -0.121. The second-order valence-electron chi connectivity index (χ2n) is 5.83. The van der Waals surface area contributed by atoms with Gasteiger partial charge in [-0.15, -0.1) is 0 Å². The van der Waals surface area contributed by atoms with E-state index in [0.717, 1.165) is 18.7 Å². The van der Waals surface area contributed by atoms with Gasteiger partial charge in [-0.2, -0.15) is 0 Å². The van der Waals surface area contributed by atoms with Crippen LogP contribution < -0.4 is 11.1 Å². The van der Waals surface area contributed by atoms with Crippen molar-refractivity contribution < 1.29 is 4.79 Å². The zero-order valence-electron chi connectivity index (χ0n) is 13.7. The highest BCUT2D eigenvalue weighted by molar-refractivity contribution is 5.94. The van der Waals surface area contributed by atoms with Gasteiger partial charge in [0.15, 0.2) is 0 Å². The Balaban J connectivity index is 2.64. The summed E-state index contributed by atoms with van der Waals surface area (Å²) in [6, 6.07) is 7.49. The third-order valence-electron chi connectivity index (χ3n) is 3.71. The number of nitrogens with two attached hydrogens (primary N) is 1. The molecule has 0 bridgehead atoms. The molecule has 0 fully saturated rings. The maximum Gasteiger partial charge on any atom is 0.241 e. The van der Waals surface area contributed by atoms with E-state index >= 15 is 0 Å². The summed E-state index contributed by atoms with van der Waals surface area (Å²) in [6.45, 7) is 9.38. The molecule has 1 amide bonds. The van der Waals surface area contributed by atoms with E-state index in [4.69, 9.17) is 5.73 Å². The second-order valence-corrected chi connectivity index (χ2v) is 5.83. The molecule has 0 aliphatic rings. The highest BCUT2D eigenvalue weighted by Crippen LogP contribution is 2.14. The molecule has 0 aromatic heterocycles. The van der Waals surface area contributed by atoms with Gasteiger partial charge in [-0.05, 0) is 51.9 Å². The van der Waals surface area contributed by atoms with Crippen LogP contribution in [-0.2, 0) is 4.79 Å². The summed E-state index contributed by atoms with van der Waals surface area (Å²) in [5, 5.41) is 2.95. The van der Waals surface area contributed by atoms with E-state index in [-0.39, 0.29) is 11.9 Å². The monoisotopic (exact) mass is 291 g/mol. The van der Waals surface area contributed by atoms with Crippen molar-refractivity contribution in [2.24, 2.45) is 0 Å². The molecular weight excluding hydrogens is 262 g/mol. The number of hydrogen-bond donors (Lipinski definition) is 2.